The number of sulfonamides is 1. The van der Waals surface area contributed by atoms with E-state index in [1.807, 2.05) is 37.3 Å². The predicted octanol–water partition coefficient (Wildman–Crippen LogP) is 2.44. The Morgan fingerprint density at radius 1 is 1.17 bits per heavy atom. The first-order chi connectivity index (χ1) is 11.5. The molecule has 0 spiro atoms. The van der Waals surface area contributed by atoms with Gasteiger partial charge in [0.25, 0.3) is 0 Å². The third-order valence-electron chi connectivity index (χ3n) is 4.57. The van der Waals surface area contributed by atoms with Gasteiger partial charge >= 0.3 is 0 Å². The van der Waals surface area contributed by atoms with Crippen molar-refractivity contribution >= 4 is 10.0 Å². The van der Waals surface area contributed by atoms with E-state index in [1.165, 1.54) is 0 Å². The molecule has 2 atom stereocenters. The second-order valence-corrected chi connectivity index (χ2v) is 8.07. The van der Waals surface area contributed by atoms with Crippen LogP contribution in [0.3, 0.4) is 0 Å². The first-order valence-electron chi connectivity index (χ1n) is 7.99. The minimum absolute atomic E-state index is 0.0462. The Morgan fingerprint density at radius 3 is 2.58 bits per heavy atom. The van der Waals surface area contributed by atoms with Crippen LogP contribution in [0.5, 0.6) is 0 Å². The molecule has 128 valence electrons. The molecule has 3 rings (SSSR count). The average molecular weight is 346 g/mol. The molecule has 1 fully saturated rings. The molecule has 0 N–H and O–H groups in total. The molecular weight excluding hydrogens is 324 g/mol. The van der Waals surface area contributed by atoms with Crippen molar-refractivity contribution in [2.24, 2.45) is 5.92 Å². The molecule has 0 aliphatic carbocycles. The largest absolute Gasteiger partial charge is 0.384 e. The summed E-state index contributed by atoms with van der Waals surface area (Å²) in [6.45, 7) is 3.22. The van der Waals surface area contributed by atoms with Gasteiger partial charge in [-0.2, -0.15) is 4.31 Å². The average Bonchev–Trinajstić information content (AvgIpc) is 3.01. The Labute approximate surface area is 143 Å². The normalized spacial score (nSPS) is 21.9. The molecule has 1 aliphatic heterocycles. The number of pyridine rings is 1. The van der Waals surface area contributed by atoms with E-state index >= 15 is 0 Å². The Hall–Kier alpha value is -1.76. The van der Waals surface area contributed by atoms with Crippen molar-refractivity contribution in [1.82, 2.24) is 9.29 Å². The molecule has 2 heterocycles. The Morgan fingerprint density at radius 2 is 1.92 bits per heavy atom. The predicted molar refractivity (Wildman–Crippen MR) is 92.3 cm³/mol. The maximum atomic E-state index is 13.0. The van der Waals surface area contributed by atoms with Crippen LogP contribution in [0, 0.1) is 12.8 Å². The van der Waals surface area contributed by atoms with Gasteiger partial charge in [-0.25, -0.2) is 8.42 Å². The summed E-state index contributed by atoms with van der Waals surface area (Å²) >= 11 is 0. The monoisotopic (exact) mass is 346 g/mol. The van der Waals surface area contributed by atoms with Crippen molar-refractivity contribution in [3.63, 3.8) is 0 Å². The van der Waals surface area contributed by atoms with Gasteiger partial charge < -0.3 is 4.74 Å². The lowest BCUT2D eigenvalue weighted by Crippen LogP contribution is -2.30. The lowest BCUT2D eigenvalue weighted by molar-refractivity contribution is 0.150. The van der Waals surface area contributed by atoms with Crippen molar-refractivity contribution in [3.8, 4) is 0 Å². The van der Waals surface area contributed by atoms with Gasteiger partial charge in [0.2, 0.25) is 10.0 Å². The first kappa shape index (κ1) is 17.1. The van der Waals surface area contributed by atoms with Gasteiger partial charge in [0.05, 0.1) is 11.5 Å². The maximum Gasteiger partial charge on any atom is 0.243 e. The van der Waals surface area contributed by atoms with Crippen LogP contribution in [0.1, 0.15) is 17.2 Å². The highest BCUT2D eigenvalue weighted by molar-refractivity contribution is 7.89. The molecular formula is C18H22N2O3S. The van der Waals surface area contributed by atoms with Gasteiger partial charge in [0.1, 0.15) is 0 Å². The highest BCUT2D eigenvalue weighted by Crippen LogP contribution is 2.35. The lowest BCUT2D eigenvalue weighted by Gasteiger charge is -2.17. The van der Waals surface area contributed by atoms with Crippen molar-refractivity contribution in [2.75, 3.05) is 26.8 Å². The van der Waals surface area contributed by atoms with Crippen LogP contribution >= 0.6 is 0 Å². The highest BCUT2D eigenvalue weighted by atomic mass is 32.2. The van der Waals surface area contributed by atoms with E-state index in [-0.39, 0.29) is 11.8 Å². The fourth-order valence-electron chi connectivity index (χ4n) is 3.33. The van der Waals surface area contributed by atoms with Crippen LogP contribution in [-0.2, 0) is 14.8 Å². The van der Waals surface area contributed by atoms with Crippen LogP contribution in [0.15, 0.2) is 53.6 Å². The highest BCUT2D eigenvalue weighted by Gasteiger charge is 2.40. The number of hydrogen-bond donors (Lipinski definition) is 0. The third kappa shape index (κ3) is 3.22. The number of ether oxygens (including phenoxy) is 1. The molecule has 24 heavy (non-hydrogen) atoms. The van der Waals surface area contributed by atoms with Crippen molar-refractivity contribution in [2.45, 2.75) is 17.7 Å². The molecule has 1 saturated heterocycles. The Kier molecular flexibility index (Phi) is 4.99. The summed E-state index contributed by atoms with van der Waals surface area (Å²) < 4.78 is 33.0. The molecule has 1 aliphatic rings. The number of nitrogens with zero attached hydrogens (tertiary/aromatic N) is 2. The molecule has 0 saturated carbocycles. The zero-order chi connectivity index (χ0) is 17.2. The summed E-state index contributed by atoms with van der Waals surface area (Å²) in [5.74, 6) is 0.147. The zero-order valence-electron chi connectivity index (χ0n) is 13.9. The third-order valence-corrected chi connectivity index (χ3v) is 6.56. The minimum atomic E-state index is -3.51. The molecule has 2 aromatic rings. The van der Waals surface area contributed by atoms with E-state index < -0.39 is 10.0 Å². The van der Waals surface area contributed by atoms with Crippen LogP contribution in [0.2, 0.25) is 0 Å². The van der Waals surface area contributed by atoms with Gasteiger partial charge in [-0.1, -0.05) is 24.3 Å². The fraction of sp³-hybridized carbons (Fsp3) is 0.389. The molecule has 0 radical (unpaired) electrons. The van der Waals surface area contributed by atoms with Crippen LogP contribution < -0.4 is 0 Å². The molecule has 2 unspecified atom stereocenters. The van der Waals surface area contributed by atoms with E-state index in [0.29, 0.717) is 24.6 Å². The SMILES string of the molecule is COCC1CN(S(=O)(=O)c2ccccc2C)CC1c1ccccn1. The van der Waals surface area contributed by atoms with Gasteiger partial charge in [0, 0.05) is 43.9 Å². The van der Waals surface area contributed by atoms with Gasteiger partial charge in [-0.3, -0.25) is 4.98 Å². The van der Waals surface area contributed by atoms with Crippen LogP contribution in [0.4, 0.5) is 0 Å². The molecule has 0 amide bonds. The minimum Gasteiger partial charge on any atom is -0.384 e. The van der Waals surface area contributed by atoms with Crippen LogP contribution in [0.25, 0.3) is 0 Å². The molecule has 5 nitrogen and oxygen atoms in total. The summed E-state index contributed by atoms with van der Waals surface area (Å²) in [6, 6.07) is 12.9. The number of rotatable bonds is 5. The first-order valence-corrected chi connectivity index (χ1v) is 9.43. The number of aromatic nitrogens is 1. The number of benzene rings is 1. The standard InChI is InChI=1S/C18H22N2O3S/c1-14-7-3-4-9-18(14)24(21,22)20-11-15(13-23-2)16(12-20)17-8-5-6-10-19-17/h3-10,15-16H,11-13H2,1-2H3. The summed E-state index contributed by atoms with van der Waals surface area (Å²) in [5, 5.41) is 0. The van der Waals surface area contributed by atoms with E-state index in [2.05, 4.69) is 4.98 Å². The summed E-state index contributed by atoms with van der Waals surface area (Å²) in [6.07, 6.45) is 1.75. The number of hydrogen-bond acceptors (Lipinski definition) is 4. The Balaban J connectivity index is 1.92. The Bertz CT molecular complexity index is 793. The summed E-state index contributed by atoms with van der Waals surface area (Å²) in [7, 11) is -1.86. The molecule has 1 aromatic heterocycles. The van der Waals surface area contributed by atoms with Gasteiger partial charge in [-0.15, -0.1) is 0 Å². The lowest BCUT2D eigenvalue weighted by atomic mass is 9.93. The molecule has 1 aromatic carbocycles. The van der Waals surface area contributed by atoms with Crippen molar-refractivity contribution in [1.29, 1.82) is 0 Å². The molecule has 0 bridgehead atoms. The van der Waals surface area contributed by atoms with Gasteiger partial charge in [-0.05, 0) is 30.7 Å². The second kappa shape index (κ2) is 7.01. The second-order valence-electron chi connectivity index (χ2n) is 6.16. The summed E-state index contributed by atoms with van der Waals surface area (Å²) in [5.41, 5.74) is 1.68. The molecule has 6 heteroatoms. The zero-order valence-corrected chi connectivity index (χ0v) is 14.7. The van der Waals surface area contributed by atoms with E-state index in [1.54, 1.807) is 29.7 Å². The topological polar surface area (TPSA) is 59.5 Å². The fourth-order valence-corrected chi connectivity index (χ4v) is 5.07. The maximum absolute atomic E-state index is 13.0. The quantitative estimate of drug-likeness (QED) is 0.834. The van der Waals surface area contributed by atoms with E-state index in [4.69, 9.17) is 4.74 Å². The van der Waals surface area contributed by atoms with Crippen molar-refractivity contribution < 1.29 is 13.2 Å². The van der Waals surface area contributed by atoms with Gasteiger partial charge in [0.15, 0.2) is 0 Å². The van der Waals surface area contributed by atoms with E-state index in [0.717, 1.165) is 11.3 Å². The number of methoxy groups -OCH3 is 1. The number of aryl methyl sites for hydroxylation is 1. The smallest absolute Gasteiger partial charge is 0.243 e. The van der Waals surface area contributed by atoms with Crippen molar-refractivity contribution in [3.05, 3.63) is 59.9 Å². The van der Waals surface area contributed by atoms with Crippen LogP contribution in [-0.4, -0.2) is 44.5 Å². The summed E-state index contributed by atoms with van der Waals surface area (Å²) in [4.78, 5) is 4.80. The van der Waals surface area contributed by atoms with E-state index in [9.17, 15) is 8.42 Å².